The summed E-state index contributed by atoms with van der Waals surface area (Å²) in [5.41, 5.74) is 0. The van der Waals surface area contributed by atoms with Crippen molar-refractivity contribution in [3.8, 4) is 0 Å². The average Bonchev–Trinajstić information content (AvgIpc) is 1.41. The molecule has 0 amide bonds. The van der Waals surface area contributed by atoms with Gasteiger partial charge in [0.2, 0.25) is 0 Å². The third-order valence-corrected chi connectivity index (χ3v) is 0.886. The van der Waals surface area contributed by atoms with Gasteiger partial charge in [-0.05, 0) is 6.26 Å². The zero-order valence-corrected chi connectivity index (χ0v) is 4.30. The SMILES string of the molecule is CSSOO. The van der Waals surface area contributed by atoms with E-state index in [-0.39, 0.29) is 0 Å². The summed E-state index contributed by atoms with van der Waals surface area (Å²) < 4.78 is 3.57. The summed E-state index contributed by atoms with van der Waals surface area (Å²) in [7, 11) is 1.35. The van der Waals surface area contributed by atoms with E-state index in [9.17, 15) is 0 Å². The lowest BCUT2D eigenvalue weighted by Gasteiger charge is -1.78. The Hall–Kier alpha value is 0.620. The molecular weight excluding hydrogens is 108 g/mol. The van der Waals surface area contributed by atoms with E-state index in [1.807, 2.05) is 0 Å². The zero-order chi connectivity index (χ0) is 4.12. The minimum absolute atomic E-state index is 0.935. The van der Waals surface area contributed by atoms with E-state index in [1.165, 1.54) is 10.8 Å². The van der Waals surface area contributed by atoms with E-state index in [0.717, 1.165) is 11.1 Å². The van der Waals surface area contributed by atoms with Crippen molar-refractivity contribution < 1.29 is 9.59 Å². The fourth-order valence-corrected chi connectivity index (χ4v) is 0.274. The smallest absolute Gasteiger partial charge is 0.101 e. The number of hydrogen-bond donors (Lipinski definition) is 1. The molecule has 0 aliphatic rings. The molecule has 4 heteroatoms. The number of hydrogen-bond acceptors (Lipinski definition) is 4. The van der Waals surface area contributed by atoms with Crippen LogP contribution in [0.5, 0.6) is 0 Å². The monoisotopic (exact) mass is 112 g/mol. The quantitative estimate of drug-likeness (QED) is 0.253. The van der Waals surface area contributed by atoms with Gasteiger partial charge in [-0.3, -0.25) is 0 Å². The Labute approximate surface area is 38.4 Å². The summed E-state index contributed by atoms with van der Waals surface area (Å²) in [5, 5.41) is 7.51. The van der Waals surface area contributed by atoms with Crippen LogP contribution in [0, 0.1) is 0 Å². The van der Waals surface area contributed by atoms with Gasteiger partial charge in [0.05, 0.1) is 0 Å². The van der Waals surface area contributed by atoms with E-state index >= 15 is 0 Å². The molecule has 0 aromatic rings. The summed E-state index contributed by atoms with van der Waals surface area (Å²) >= 11 is 0.935. The first-order valence-corrected chi connectivity index (χ1v) is 3.41. The van der Waals surface area contributed by atoms with Gasteiger partial charge in [0.1, 0.15) is 11.1 Å². The highest BCUT2D eigenvalue weighted by atomic mass is 33.1. The van der Waals surface area contributed by atoms with Crippen LogP contribution in [0.1, 0.15) is 0 Å². The Morgan fingerprint density at radius 3 is 2.40 bits per heavy atom. The fraction of sp³-hybridized carbons (Fsp3) is 1.00. The molecule has 5 heavy (non-hydrogen) atoms. The van der Waals surface area contributed by atoms with E-state index < -0.39 is 0 Å². The van der Waals surface area contributed by atoms with Crippen molar-refractivity contribution in [2.45, 2.75) is 0 Å². The van der Waals surface area contributed by atoms with Crippen LogP contribution in [0.4, 0.5) is 0 Å². The highest BCUT2D eigenvalue weighted by molar-refractivity contribution is 8.74. The van der Waals surface area contributed by atoms with Crippen molar-refractivity contribution >= 4 is 21.9 Å². The molecule has 0 fully saturated rings. The molecule has 0 rings (SSSR count). The lowest BCUT2D eigenvalue weighted by Crippen LogP contribution is -1.54. The maximum absolute atomic E-state index is 7.51. The third kappa shape index (κ3) is 4.62. The Morgan fingerprint density at radius 2 is 2.40 bits per heavy atom. The highest BCUT2D eigenvalue weighted by Gasteiger charge is 1.70. The molecule has 0 aromatic heterocycles. The predicted molar refractivity (Wildman–Crippen MR) is 24.8 cm³/mol. The molecule has 0 heterocycles. The van der Waals surface area contributed by atoms with Crippen LogP contribution in [-0.2, 0) is 4.33 Å². The number of rotatable bonds is 2. The normalized spacial score (nSPS) is 8.40. The van der Waals surface area contributed by atoms with Crippen LogP contribution < -0.4 is 0 Å². The van der Waals surface area contributed by atoms with Crippen molar-refractivity contribution in [2.24, 2.45) is 0 Å². The molecule has 0 bridgehead atoms. The van der Waals surface area contributed by atoms with Gasteiger partial charge in [-0.25, -0.2) is 5.26 Å². The van der Waals surface area contributed by atoms with E-state index in [1.54, 1.807) is 6.26 Å². The van der Waals surface area contributed by atoms with Crippen LogP contribution in [-0.4, -0.2) is 11.5 Å². The first kappa shape index (κ1) is 5.62. The second-order valence-corrected chi connectivity index (χ2v) is 2.34. The van der Waals surface area contributed by atoms with E-state index in [0.29, 0.717) is 0 Å². The molecule has 0 radical (unpaired) electrons. The van der Waals surface area contributed by atoms with Crippen molar-refractivity contribution in [1.29, 1.82) is 0 Å². The van der Waals surface area contributed by atoms with Gasteiger partial charge in [0, 0.05) is 0 Å². The standard InChI is InChI=1S/CH4O2S2/c1-4-5-3-2/h2H,1H3. The summed E-state index contributed by atoms with van der Waals surface area (Å²) in [6.07, 6.45) is 1.81. The second kappa shape index (κ2) is 4.62. The molecule has 1 N–H and O–H groups in total. The minimum Gasteiger partial charge on any atom is -0.239 e. The van der Waals surface area contributed by atoms with Gasteiger partial charge in [0.15, 0.2) is 0 Å². The molecule has 0 unspecified atom stereocenters. The fourth-order valence-electron chi connectivity index (χ4n) is 0.0304. The van der Waals surface area contributed by atoms with Gasteiger partial charge in [-0.15, -0.1) is 0 Å². The predicted octanol–water partition coefficient (Wildman–Crippen LogP) is 1.40. The lowest BCUT2D eigenvalue weighted by molar-refractivity contribution is -0.114. The van der Waals surface area contributed by atoms with Crippen molar-refractivity contribution in [2.75, 3.05) is 6.26 Å². The molecule has 0 aliphatic heterocycles. The van der Waals surface area contributed by atoms with Crippen LogP contribution in [0.2, 0.25) is 0 Å². The van der Waals surface area contributed by atoms with Crippen molar-refractivity contribution in [3.63, 3.8) is 0 Å². The zero-order valence-electron chi connectivity index (χ0n) is 2.67. The van der Waals surface area contributed by atoms with Gasteiger partial charge in [0.25, 0.3) is 0 Å². The van der Waals surface area contributed by atoms with Crippen LogP contribution >= 0.6 is 21.9 Å². The second-order valence-electron chi connectivity index (χ2n) is 0.309. The van der Waals surface area contributed by atoms with Crippen LogP contribution in [0.3, 0.4) is 0 Å². The van der Waals surface area contributed by atoms with Gasteiger partial charge in [-0.2, -0.15) is 4.33 Å². The molecule has 32 valence electrons. The molecule has 0 atom stereocenters. The van der Waals surface area contributed by atoms with Crippen LogP contribution in [0.25, 0.3) is 0 Å². The molecular formula is CH4O2S2. The lowest BCUT2D eigenvalue weighted by atomic mass is 12.0. The van der Waals surface area contributed by atoms with E-state index in [4.69, 9.17) is 5.26 Å². The maximum atomic E-state index is 7.51. The molecule has 0 spiro atoms. The first-order chi connectivity index (χ1) is 2.41. The maximum Gasteiger partial charge on any atom is 0.101 e. The average molecular weight is 112 g/mol. The van der Waals surface area contributed by atoms with Crippen molar-refractivity contribution in [1.82, 2.24) is 0 Å². The third-order valence-electron chi connectivity index (χ3n) is 0.0985. The van der Waals surface area contributed by atoms with E-state index in [2.05, 4.69) is 4.33 Å². The Morgan fingerprint density at radius 1 is 1.80 bits per heavy atom. The molecule has 0 aromatic carbocycles. The van der Waals surface area contributed by atoms with Gasteiger partial charge in [-0.1, -0.05) is 10.8 Å². The summed E-state index contributed by atoms with van der Waals surface area (Å²) in [4.78, 5) is 0. The van der Waals surface area contributed by atoms with Crippen molar-refractivity contribution in [3.05, 3.63) is 0 Å². The van der Waals surface area contributed by atoms with Gasteiger partial charge < -0.3 is 0 Å². The molecule has 2 nitrogen and oxygen atoms in total. The molecule has 0 saturated carbocycles. The minimum atomic E-state index is 0.935. The molecule has 0 aliphatic carbocycles. The Balaban J connectivity index is 2.19. The topological polar surface area (TPSA) is 29.5 Å². The summed E-state index contributed by atoms with van der Waals surface area (Å²) in [5.74, 6) is 0. The first-order valence-electron chi connectivity index (χ1n) is 0.924. The highest BCUT2D eigenvalue weighted by Crippen LogP contribution is 2.14. The summed E-state index contributed by atoms with van der Waals surface area (Å²) in [6, 6.07) is 0. The molecule has 0 saturated heterocycles. The van der Waals surface area contributed by atoms with Crippen LogP contribution in [0.15, 0.2) is 0 Å². The Kier molecular flexibility index (Phi) is 5.19. The Bertz CT molecular complexity index is 15.1. The van der Waals surface area contributed by atoms with Gasteiger partial charge >= 0.3 is 0 Å². The largest absolute Gasteiger partial charge is 0.239 e. The summed E-state index contributed by atoms with van der Waals surface area (Å²) in [6.45, 7) is 0.